The van der Waals surface area contributed by atoms with Crippen molar-refractivity contribution >= 4 is 22.8 Å². The average molecular weight is 343 g/mol. The van der Waals surface area contributed by atoms with Crippen molar-refractivity contribution in [2.75, 3.05) is 12.3 Å². The van der Waals surface area contributed by atoms with Crippen molar-refractivity contribution in [2.45, 2.75) is 19.4 Å². The van der Waals surface area contributed by atoms with Gasteiger partial charge in [0.1, 0.15) is 5.82 Å². The molecule has 1 atom stereocenters. The zero-order valence-electron chi connectivity index (χ0n) is 13.4. The summed E-state index contributed by atoms with van der Waals surface area (Å²) in [5, 5.41) is 0.756. The van der Waals surface area contributed by atoms with Crippen molar-refractivity contribution in [2.24, 2.45) is 4.99 Å². The second-order valence-electron chi connectivity index (χ2n) is 5.46. The van der Waals surface area contributed by atoms with E-state index in [4.69, 9.17) is 4.99 Å². The molecule has 4 nitrogen and oxygen atoms in total. The summed E-state index contributed by atoms with van der Waals surface area (Å²) < 4.78 is 13.0. The number of aromatic nitrogens is 1. The molecule has 3 rings (SSSR count). The number of benzene rings is 1. The number of pyridine rings is 1. The second-order valence-corrected chi connectivity index (χ2v) is 6.45. The summed E-state index contributed by atoms with van der Waals surface area (Å²) in [7, 11) is 0. The standard InChI is InChI=1S/C18H18FN3OS/c1-2-22(17(23)11-13-3-5-15(19)6-4-13)18-21-16(12-24-18)14-7-9-20-10-8-14/h3-10,16H,2,11-12H2,1H3. The summed E-state index contributed by atoms with van der Waals surface area (Å²) in [4.78, 5) is 23.0. The molecule has 6 heteroatoms. The van der Waals surface area contributed by atoms with Crippen LogP contribution in [0.2, 0.25) is 0 Å². The third-order valence-corrected chi connectivity index (χ3v) is 4.91. The summed E-state index contributed by atoms with van der Waals surface area (Å²) in [5.41, 5.74) is 1.91. The lowest BCUT2D eigenvalue weighted by Gasteiger charge is -2.20. The minimum atomic E-state index is -0.297. The normalized spacial score (nSPS) is 16.8. The molecule has 0 saturated heterocycles. The summed E-state index contributed by atoms with van der Waals surface area (Å²) in [6.07, 6.45) is 3.75. The molecule has 2 heterocycles. The molecule has 2 aromatic rings. The Morgan fingerprint density at radius 1 is 1.25 bits per heavy atom. The molecular formula is C18H18FN3OS. The zero-order chi connectivity index (χ0) is 16.9. The number of thioether (sulfide) groups is 1. The van der Waals surface area contributed by atoms with Gasteiger partial charge < -0.3 is 0 Å². The Kier molecular flexibility index (Phi) is 5.25. The number of likely N-dealkylation sites (N-methyl/N-ethyl adjacent to an activating group) is 1. The maximum atomic E-state index is 13.0. The summed E-state index contributed by atoms with van der Waals surface area (Å²) in [6.45, 7) is 2.50. The largest absolute Gasteiger partial charge is 0.292 e. The number of rotatable bonds is 4. The monoisotopic (exact) mass is 343 g/mol. The quantitative estimate of drug-likeness (QED) is 0.854. The number of nitrogens with zero attached hydrogens (tertiary/aromatic N) is 3. The fraction of sp³-hybridized carbons (Fsp3) is 0.278. The van der Waals surface area contributed by atoms with E-state index in [-0.39, 0.29) is 24.2 Å². The third-order valence-electron chi connectivity index (χ3n) is 3.84. The van der Waals surface area contributed by atoms with Crippen LogP contribution in [0.25, 0.3) is 0 Å². The van der Waals surface area contributed by atoms with E-state index in [0.717, 1.165) is 22.0 Å². The Morgan fingerprint density at radius 2 is 1.96 bits per heavy atom. The minimum absolute atomic E-state index is 0.0225. The Morgan fingerprint density at radius 3 is 2.62 bits per heavy atom. The third kappa shape index (κ3) is 3.82. The number of amidine groups is 1. The Hall–Kier alpha value is -2.21. The van der Waals surface area contributed by atoms with Crippen LogP contribution in [-0.4, -0.2) is 33.3 Å². The van der Waals surface area contributed by atoms with Gasteiger partial charge in [-0.25, -0.2) is 4.39 Å². The number of halogens is 1. The van der Waals surface area contributed by atoms with Gasteiger partial charge in [0.25, 0.3) is 0 Å². The fourth-order valence-corrected chi connectivity index (χ4v) is 3.72. The van der Waals surface area contributed by atoms with E-state index in [9.17, 15) is 9.18 Å². The van der Waals surface area contributed by atoms with E-state index >= 15 is 0 Å². The van der Waals surface area contributed by atoms with E-state index < -0.39 is 0 Å². The molecule has 0 saturated carbocycles. The first kappa shape index (κ1) is 16.6. The van der Waals surface area contributed by atoms with Gasteiger partial charge in [0.15, 0.2) is 5.17 Å². The van der Waals surface area contributed by atoms with Gasteiger partial charge in [0.2, 0.25) is 5.91 Å². The predicted molar refractivity (Wildman–Crippen MR) is 94.4 cm³/mol. The van der Waals surface area contributed by atoms with Gasteiger partial charge in [-0.15, -0.1) is 0 Å². The molecular weight excluding hydrogens is 325 g/mol. The molecule has 1 unspecified atom stereocenters. The highest BCUT2D eigenvalue weighted by molar-refractivity contribution is 8.14. The number of aliphatic imine (C=N–C) groups is 1. The number of hydrogen-bond acceptors (Lipinski definition) is 4. The first-order valence-corrected chi connectivity index (χ1v) is 8.81. The Labute approximate surface area is 144 Å². The Bertz CT molecular complexity index is 734. The maximum Gasteiger partial charge on any atom is 0.232 e. The molecule has 1 aliphatic heterocycles. The lowest BCUT2D eigenvalue weighted by atomic mass is 10.1. The van der Waals surface area contributed by atoms with Crippen LogP contribution in [0.5, 0.6) is 0 Å². The number of carbonyl (C=O) groups is 1. The van der Waals surface area contributed by atoms with E-state index in [1.807, 2.05) is 19.1 Å². The van der Waals surface area contributed by atoms with Crippen LogP contribution in [0, 0.1) is 5.82 Å². The lowest BCUT2D eigenvalue weighted by molar-refractivity contribution is -0.126. The van der Waals surface area contributed by atoms with Crippen LogP contribution >= 0.6 is 11.8 Å². The highest BCUT2D eigenvalue weighted by Gasteiger charge is 2.26. The van der Waals surface area contributed by atoms with Gasteiger partial charge in [-0.05, 0) is 42.3 Å². The lowest BCUT2D eigenvalue weighted by Crippen LogP contribution is -2.35. The number of carbonyl (C=O) groups excluding carboxylic acids is 1. The molecule has 0 bridgehead atoms. The van der Waals surface area contributed by atoms with E-state index in [1.54, 1.807) is 41.2 Å². The van der Waals surface area contributed by atoms with Gasteiger partial charge in [-0.3, -0.25) is 19.7 Å². The Balaban J connectivity index is 1.71. The average Bonchev–Trinajstić information content (AvgIpc) is 3.08. The summed E-state index contributed by atoms with van der Waals surface area (Å²) >= 11 is 1.59. The SMILES string of the molecule is CCN(C(=O)Cc1ccc(F)cc1)C1=NC(c2ccncc2)CS1. The highest BCUT2D eigenvalue weighted by atomic mass is 32.2. The number of amides is 1. The molecule has 1 aromatic heterocycles. The first-order chi connectivity index (χ1) is 11.7. The van der Waals surface area contributed by atoms with Gasteiger partial charge in [-0.2, -0.15) is 0 Å². The highest BCUT2D eigenvalue weighted by Crippen LogP contribution is 2.31. The van der Waals surface area contributed by atoms with Gasteiger partial charge in [-0.1, -0.05) is 23.9 Å². The van der Waals surface area contributed by atoms with Crippen LogP contribution < -0.4 is 0 Å². The van der Waals surface area contributed by atoms with Crippen LogP contribution in [-0.2, 0) is 11.2 Å². The smallest absolute Gasteiger partial charge is 0.232 e. The zero-order valence-corrected chi connectivity index (χ0v) is 14.2. The van der Waals surface area contributed by atoms with Crippen molar-refractivity contribution in [3.05, 3.63) is 65.7 Å². The van der Waals surface area contributed by atoms with Gasteiger partial charge in [0, 0.05) is 24.7 Å². The van der Waals surface area contributed by atoms with Crippen molar-refractivity contribution in [3.8, 4) is 0 Å². The fourth-order valence-electron chi connectivity index (χ4n) is 2.56. The molecule has 124 valence electrons. The van der Waals surface area contributed by atoms with Crippen LogP contribution in [0.3, 0.4) is 0 Å². The predicted octanol–water partition coefficient (Wildman–Crippen LogP) is 3.46. The van der Waals surface area contributed by atoms with Crippen molar-refractivity contribution in [1.82, 2.24) is 9.88 Å². The van der Waals surface area contributed by atoms with Crippen molar-refractivity contribution < 1.29 is 9.18 Å². The first-order valence-electron chi connectivity index (χ1n) is 7.82. The topological polar surface area (TPSA) is 45.6 Å². The molecule has 1 amide bonds. The molecule has 0 N–H and O–H groups in total. The van der Waals surface area contributed by atoms with E-state index in [1.165, 1.54) is 12.1 Å². The number of hydrogen-bond donors (Lipinski definition) is 0. The second kappa shape index (κ2) is 7.57. The van der Waals surface area contributed by atoms with Gasteiger partial charge >= 0.3 is 0 Å². The van der Waals surface area contributed by atoms with Crippen molar-refractivity contribution in [3.63, 3.8) is 0 Å². The van der Waals surface area contributed by atoms with E-state index in [0.29, 0.717) is 6.54 Å². The van der Waals surface area contributed by atoms with Gasteiger partial charge in [0.05, 0.1) is 12.5 Å². The van der Waals surface area contributed by atoms with Crippen LogP contribution in [0.4, 0.5) is 4.39 Å². The molecule has 1 aromatic carbocycles. The molecule has 0 aliphatic carbocycles. The van der Waals surface area contributed by atoms with Crippen LogP contribution in [0.15, 0.2) is 53.8 Å². The molecule has 0 radical (unpaired) electrons. The summed E-state index contributed by atoms with van der Waals surface area (Å²) in [5.74, 6) is 0.500. The maximum absolute atomic E-state index is 13.0. The van der Waals surface area contributed by atoms with E-state index in [2.05, 4.69) is 4.98 Å². The molecule has 0 fully saturated rings. The van der Waals surface area contributed by atoms with Crippen molar-refractivity contribution in [1.29, 1.82) is 0 Å². The molecule has 24 heavy (non-hydrogen) atoms. The summed E-state index contributed by atoms with van der Waals surface area (Å²) in [6, 6.07) is 10.00. The molecule has 0 spiro atoms. The van der Waals surface area contributed by atoms with Crippen LogP contribution in [0.1, 0.15) is 24.1 Å². The molecule has 1 aliphatic rings. The minimum Gasteiger partial charge on any atom is -0.292 e.